The van der Waals surface area contributed by atoms with Gasteiger partial charge in [-0.15, -0.1) is 0 Å². The lowest BCUT2D eigenvalue weighted by molar-refractivity contribution is -0.131. The van der Waals surface area contributed by atoms with Crippen molar-refractivity contribution >= 4 is 16.9 Å². The number of carbonyl (C=O) groups excluding carboxylic acids is 1. The van der Waals surface area contributed by atoms with E-state index in [4.69, 9.17) is 0 Å². The van der Waals surface area contributed by atoms with E-state index in [1.807, 2.05) is 36.9 Å². The number of rotatable bonds is 2. The number of carbonyl (C=O) groups is 1. The van der Waals surface area contributed by atoms with Crippen LogP contribution in [0.25, 0.3) is 11.0 Å². The van der Waals surface area contributed by atoms with Crippen molar-refractivity contribution in [3.05, 3.63) is 35.2 Å². The third kappa shape index (κ3) is 3.04. The highest BCUT2D eigenvalue weighted by Gasteiger charge is 2.16. The summed E-state index contributed by atoms with van der Waals surface area (Å²) in [5.74, 6) is 0.228. The SMILES string of the molecule is Cc1nc2ccc(CC(=O)N3CCCCC3)cc2nc1C. The summed E-state index contributed by atoms with van der Waals surface area (Å²) < 4.78 is 0. The number of fused-ring (bicyclic) bond motifs is 1. The van der Waals surface area contributed by atoms with Crippen molar-refractivity contribution in [3.63, 3.8) is 0 Å². The largest absolute Gasteiger partial charge is 0.342 e. The Morgan fingerprint density at radius 2 is 1.71 bits per heavy atom. The van der Waals surface area contributed by atoms with Crippen LogP contribution in [0.4, 0.5) is 0 Å². The molecule has 110 valence electrons. The molecule has 0 N–H and O–H groups in total. The molecule has 0 unspecified atom stereocenters. The van der Waals surface area contributed by atoms with Gasteiger partial charge in [0, 0.05) is 13.1 Å². The Balaban J connectivity index is 1.80. The summed E-state index contributed by atoms with van der Waals surface area (Å²) in [6.45, 7) is 5.75. The highest BCUT2D eigenvalue weighted by Crippen LogP contribution is 2.16. The molecule has 0 atom stereocenters. The molecule has 0 aliphatic carbocycles. The van der Waals surface area contributed by atoms with E-state index in [1.54, 1.807) is 0 Å². The first-order valence-electron chi connectivity index (χ1n) is 7.65. The number of piperidine rings is 1. The number of nitrogens with zero attached hydrogens (tertiary/aromatic N) is 3. The second kappa shape index (κ2) is 5.80. The van der Waals surface area contributed by atoms with Crippen LogP contribution in [-0.2, 0) is 11.2 Å². The summed E-state index contributed by atoms with van der Waals surface area (Å²) in [6, 6.07) is 5.96. The summed E-state index contributed by atoms with van der Waals surface area (Å²) >= 11 is 0. The van der Waals surface area contributed by atoms with Crippen LogP contribution in [0.5, 0.6) is 0 Å². The maximum absolute atomic E-state index is 12.3. The van der Waals surface area contributed by atoms with Gasteiger partial charge < -0.3 is 4.90 Å². The molecule has 2 aromatic rings. The molecule has 0 bridgehead atoms. The molecule has 0 spiro atoms. The van der Waals surface area contributed by atoms with Crippen LogP contribution in [0, 0.1) is 13.8 Å². The quantitative estimate of drug-likeness (QED) is 0.851. The van der Waals surface area contributed by atoms with E-state index in [2.05, 4.69) is 9.97 Å². The molecule has 0 radical (unpaired) electrons. The lowest BCUT2D eigenvalue weighted by atomic mass is 10.1. The lowest BCUT2D eigenvalue weighted by Crippen LogP contribution is -2.36. The zero-order chi connectivity index (χ0) is 14.8. The molecule has 1 aliphatic rings. The topological polar surface area (TPSA) is 46.1 Å². The maximum atomic E-state index is 12.3. The van der Waals surface area contributed by atoms with Crippen molar-refractivity contribution in [3.8, 4) is 0 Å². The summed E-state index contributed by atoms with van der Waals surface area (Å²) in [7, 11) is 0. The van der Waals surface area contributed by atoms with Crippen molar-refractivity contribution in [1.29, 1.82) is 0 Å². The first kappa shape index (κ1) is 14.0. The second-order valence-electron chi connectivity index (χ2n) is 5.84. The molecule has 1 aliphatic heterocycles. The highest BCUT2D eigenvalue weighted by molar-refractivity contribution is 5.81. The zero-order valence-electron chi connectivity index (χ0n) is 12.7. The van der Waals surface area contributed by atoms with Crippen molar-refractivity contribution in [2.45, 2.75) is 39.5 Å². The molecule has 3 rings (SSSR count). The zero-order valence-corrected chi connectivity index (χ0v) is 12.7. The van der Waals surface area contributed by atoms with Gasteiger partial charge in [-0.05, 0) is 50.8 Å². The normalized spacial score (nSPS) is 15.4. The minimum absolute atomic E-state index is 0.228. The van der Waals surface area contributed by atoms with Gasteiger partial charge in [-0.25, -0.2) is 9.97 Å². The maximum Gasteiger partial charge on any atom is 0.226 e. The fourth-order valence-electron chi connectivity index (χ4n) is 2.82. The molecule has 4 heteroatoms. The van der Waals surface area contributed by atoms with Gasteiger partial charge in [-0.2, -0.15) is 0 Å². The number of aryl methyl sites for hydroxylation is 2. The van der Waals surface area contributed by atoms with E-state index in [1.165, 1.54) is 6.42 Å². The number of hydrogen-bond acceptors (Lipinski definition) is 3. The Bertz CT molecular complexity index is 675. The van der Waals surface area contributed by atoms with Crippen molar-refractivity contribution < 1.29 is 4.79 Å². The lowest BCUT2D eigenvalue weighted by Gasteiger charge is -2.26. The van der Waals surface area contributed by atoms with Crippen molar-refractivity contribution in [2.24, 2.45) is 0 Å². The predicted molar refractivity (Wildman–Crippen MR) is 83.1 cm³/mol. The van der Waals surface area contributed by atoms with Gasteiger partial charge >= 0.3 is 0 Å². The smallest absolute Gasteiger partial charge is 0.226 e. The van der Waals surface area contributed by atoms with Crippen molar-refractivity contribution in [2.75, 3.05) is 13.1 Å². The molecular weight excluding hydrogens is 262 g/mol. The van der Waals surface area contributed by atoms with Gasteiger partial charge in [0.15, 0.2) is 0 Å². The number of aromatic nitrogens is 2. The van der Waals surface area contributed by atoms with Crippen LogP contribution in [0.2, 0.25) is 0 Å². The minimum atomic E-state index is 0.228. The van der Waals surface area contributed by atoms with E-state index in [9.17, 15) is 4.79 Å². The average molecular weight is 283 g/mol. The molecule has 4 nitrogen and oxygen atoms in total. The minimum Gasteiger partial charge on any atom is -0.342 e. The average Bonchev–Trinajstić information content (AvgIpc) is 2.49. The molecule has 1 saturated heterocycles. The van der Waals surface area contributed by atoms with Crippen LogP contribution < -0.4 is 0 Å². The Morgan fingerprint density at radius 1 is 1.05 bits per heavy atom. The molecule has 21 heavy (non-hydrogen) atoms. The number of amides is 1. The fourth-order valence-corrected chi connectivity index (χ4v) is 2.82. The van der Waals surface area contributed by atoms with Crippen LogP contribution in [-0.4, -0.2) is 33.9 Å². The summed E-state index contributed by atoms with van der Waals surface area (Å²) in [5, 5.41) is 0. The second-order valence-corrected chi connectivity index (χ2v) is 5.84. The van der Waals surface area contributed by atoms with Crippen molar-refractivity contribution in [1.82, 2.24) is 14.9 Å². The molecule has 2 heterocycles. The van der Waals surface area contributed by atoms with Gasteiger partial charge in [-0.3, -0.25) is 4.79 Å². The monoisotopic (exact) mass is 283 g/mol. The standard InChI is InChI=1S/C17H21N3O/c1-12-13(2)19-16-10-14(6-7-15(16)18-12)11-17(21)20-8-4-3-5-9-20/h6-7,10H,3-5,8-9,11H2,1-2H3. The molecule has 0 saturated carbocycles. The van der Waals surface area contributed by atoms with Crippen LogP contribution in [0.1, 0.15) is 36.2 Å². The van der Waals surface area contributed by atoms with E-state index < -0.39 is 0 Å². The summed E-state index contributed by atoms with van der Waals surface area (Å²) in [6.07, 6.45) is 3.97. The van der Waals surface area contributed by atoms with Crippen LogP contribution in [0.3, 0.4) is 0 Å². The molecule has 1 aromatic heterocycles. The third-order valence-electron chi connectivity index (χ3n) is 4.20. The van der Waals surface area contributed by atoms with Gasteiger partial charge in [0.05, 0.1) is 28.8 Å². The fraction of sp³-hybridized carbons (Fsp3) is 0.471. The van der Waals surface area contributed by atoms with Gasteiger partial charge in [0.2, 0.25) is 5.91 Å². The summed E-state index contributed by atoms with van der Waals surface area (Å²) in [4.78, 5) is 23.4. The first-order chi connectivity index (χ1) is 10.1. The summed E-state index contributed by atoms with van der Waals surface area (Å²) in [5.41, 5.74) is 4.70. The van der Waals surface area contributed by atoms with Gasteiger partial charge in [-0.1, -0.05) is 6.07 Å². The van der Waals surface area contributed by atoms with Gasteiger partial charge in [0.25, 0.3) is 0 Å². The van der Waals surface area contributed by atoms with Crippen LogP contribution in [0.15, 0.2) is 18.2 Å². The third-order valence-corrected chi connectivity index (χ3v) is 4.20. The van der Waals surface area contributed by atoms with Gasteiger partial charge in [0.1, 0.15) is 0 Å². The molecule has 1 amide bonds. The molecule has 1 fully saturated rings. The Morgan fingerprint density at radius 3 is 2.43 bits per heavy atom. The first-order valence-corrected chi connectivity index (χ1v) is 7.65. The van der Waals surface area contributed by atoms with E-state index in [0.717, 1.165) is 53.9 Å². The van der Waals surface area contributed by atoms with E-state index >= 15 is 0 Å². The van der Waals surface area contributed by atoms with E-state index in [0.29, 0.717) is 6.42 Å². The molecular formula is C17H21N3O. The van der Waals surface area contributed by atoms with E-state index in [-0.39, 0.29) is 5.91 Å². The number of hydrogen-bond donors (Lipinski definition) is 0. The van der Waals surface area contributed by atoms with Crippen LogP contribution >= 0.6 is 0 Å². The number of likely N-dealkylation sites (tertiary alicyclic amines) is 1. The highest BCUT2D eigenvalue weighted by atomic mass is 16.2. The Kier molecular flexibility index (Phi) is 3.86. The Labute approximate surface area is 125 Å². The number of benzene rings is 1. The molecule has 1 aromatic carbocycles. The Hall–Kier alpha value is -1.97. The predicted octanol–water partition coefficient (Wildman–Crippen LogP) is 2.80.